The van der Waals surface area contributed by atoms with Crippen LogP contribution in [0.25, 0.3) is 0 Å². The van der Waals surface area contributed by atoms with Gasteiger partial charge < -0.3 is 10.2 Å². The Morgan fingerprint density at radius 2 is 1.77 bits per heavy atom. The van der Waals surface area contributed by atoms with E-state index in [1.54, 1.807) is 0 Å². The smallest absolute Gasteiger partial charge is 0.0447 e. The molecule has 2 aromatic rings. The molecule has 2 atom stereocenters. The van der Waals surface area contributed by atoms with Crippen molar-refractivity contribution < 1.29 is 0 Å². The maximum Gasteiger partial charge on any atom is 0.0447 e. The van der Waals surface area contributed by atoms with Crippen LogP contribution in [0.4, 0.5) is 11.4 Å². The van der Waals surface area contributed by atoms with Gasteiger partial charge in [0.15, 0.2) is 0 Å². The summed E-state index contributed by atoms with van der Waals surface area (Å²) in [6.45, 7) is 8.89. The number of hydrogen-bond donors (Lipinski definition) is 1. The fraction of sp³-hybridized carbons (Fsp3) is 0.400. The summed E-state index contributed by atoms with van der Waals surface area (Å²) >= 11 is 0. The van der Waals surface area contributed by atoms with Crippen molar-refractivity contribution in [3.05, 3.63) is 59.2 Å². The molecule has 1 saturated heterocycles. The third-order valence-corrected chi connectivity index (χ3v) is 5.41. The van der Waals surface area contributed by atoms with E-state index >= 15 is 0 Å². The molecule has 0 aromatic heterocycles. The van der Waals surface area contributed by atoms with E-state index in [2.05, 4.69) is 73.5 Å². The molecular weight excluding hydrogens is 268 g/mol. The summed E-state index contributed by atoms with van der Waals surface area (Å²) in [5.41, 5.74) is 7.04. The molecule has 4 rings (SSSR count). The van der Waals surface area contributed by atoms with Crippen LogP contribution in [-0.2, 0) is 0 Å². The van der Waals surface area contributed by atoms with E-state index in [4.69, 9.17) is 0 Å². The molecule has 0 amide bonds. The largest absolute Gasteiger partial charge is 0.339 e. The molecule has 0 bridgehead atoms. The predicted molar refractivity (Wildman–Crippen MR) is 93.1 cm³/mol. The second-order valence-corrected chi connectivity index (χ2v) is 7.17. The molecule has 0 unspecified atom stereocenters. The second-order valence-electron chi connectivity index (χ2n) is 7.17. The minimum atomic E-state index is 0.172. The van der Waals surface area contributed by atoms with Gasteiger partial charge in [-0.3, -0.25) is 0 Å². The van der Waals surface area contributed by atoms with Crippen molar-refractivity contribution in [1.82, 2.24) is 5.32 Å². The Labute approximate surface area is 133 Å². The second kappa shape index (κ2) is 4.85. The average molecular weight is 292 g/mol. The summed E-state index contributed by atoms with van der Waals surface area (Å²) in [7, 11) is 0. The van der Waals surface area contributed by atoms with Crippen LogP contribution in [0.2, 0.25) is 0 Å². The molecule has 114 valence electrons. The standard InChI is InChI=1S/C20H24N2/c1-14-4-7-16(8-5-14)22-13-20(3)18(10-11-21-20)17-12-15(2)6-9-19(17)22/h4-9,12,18,21H,10-11,13H2,1-3H3/t18-,20+/m0/s1. The number of fused-ring (bicyclic) bond motifs is 3. The van der Waals surface area contributed by atoms with E-state index in [1.807, 2.05) is 0 Å². The van der Waals surface area contributed by atoms with Gasteiger partial charge in [-0.05, 0) is 57.5 Å². The molecule has 2 aromatic carbocycles. The minimum Gasteiger partial charge on any atom is -0.339 e. The van der Waals surface area contributed by atoms with Crippen molar-refractivity contribution in [3.63, 3.8) is 0 Å². The normalized spacial score (nSPS) is 26.7. The van der Waals surface area contributed by atoms with Gasteiger partial charge in [-0.1, -0.05) is 35.4 Å². The fourth-order valence-corrected chi connectivity index (χ4v) is 4.18. The van der Waals surface area contributed by atoms with Gasteiger partial charge >= 0.3 is 0 Å². The van der Waals surface area contributed by atoms with Crippen LogP contribution >= 0.6 is 0 Å². The van der Waals surface area contributed by atoms with Crippen LogP contribution in [-0.4, -0.2) is 18.6 Å². The molecular formula is C20H24N2. The summed E-state index contributed by atoms with van der Waals surface area (Å²) < 4.78 is 0. The maximum absolute atomic E-state index is 3.76. The Bertz CT molecular complexity index is 704. The Balaban J connectivity index is 1.86. The molecule has 1 N–H and O–H groups in total. The maximum atomic E-state index is 3.76. The van der Waals surface area contributed by atoms with E-state index in [0.29, 0.717) is 5.92 Å². The summed E-state index contributed by atoms with van der Waals surface area (Å²) in [5.74, 6) is 0.629. The highest BCUT2D eigenvalue weighted by Gasteiger charge is 2.45. The predicted octanol–water partition coefficient (Wildman–Crippen LogP) is 4.29. The zero-order valence-electron chi connectivity index (χ0n) is 13.7. The van der Waals surface area contributed by atoms with Crippen LogP contribution < -0.4 is 10.2 Å². The first kappa shape index (κ1) is 13.8. The SMILES string of the molecule is Cc1ccc(N2C[C@@]3(C)NCC[C@H]3c3cc(C)ccc32)cc1. The van der Waals surface area contributed by atoms with Crippen molar-refractivity contribution in [2.24, 2.45) is 0 Å². The summed E-state index contributed by atoms with van der Waals surface area (Å²) in [6.07, 6.45) is 1.24. The lowest BCUT2D eigenvalue weighted by atomic mass is 9.77. The number of nitrogens with one attached hydrogen (secondary N) is 1. The van der Waals surface area contributed by atoms with E-state index in [-0.39, 0.29) is 5.54 Å². The highest BCUT2D eigenvalue weighted by molar-refractivity contribution is 5.71. The van der Waals surface area contributed by atoms with Crippen molar-refractivity contribution >= 4 is 11.4 Å². The van der Waals surface area contributed by atoms with Crippen molar-refractivity contribution in [1.29, 1.82) is 0 Å². The van der Waals surface area contributed by atoms with E-state index < -0.39 is 0 Å². The summed E-state index contributed by atoms with van der Waals surface area (Å²) in [5, 5.41) is 3.76. The van der Waals surface area contributed by atoms with Crippen LogP contribution in [0.3, 0.4) is 0 Å². The molecule has 2 heterocycles. The molecule has 0 radical (unpaired) electrons. The van der Waals surface area contributed by atoms with Gasteiger partial charge in [0.05, 0.1) is 0 Å². The van der Waals surface area contributed by atoms with Crippen LogP contribution in [0.1, 0.15) is 36.0 Å². The topological polar surface area (TPSA) is 15.3 Å². The summed E-state index contributed by atoms with van der Waals surface area (Å²) in [4.78, 5) is 2.49. The van der Waals surface area contributed by atoms with Gasteiger partial charge in [0.2, 0.25) is 0 Å². The Hall–Kier alpha value is -1.80. The highest BCUT2D eigenvalue weighted by atomic mass is 15.2. The van der Waals surface area contributed by atoms with Crippen molar-refractivity contribution in [3.8, 4) is 0 Å². The molecule has 1 fully saturated rings. The Morgan fingerprint density at radius 1 is 1.05 bits per heavy atom. The van der Waals surface area contributed by atoms with Gasteiger partial charge in [0, 0.05) is 29.4 Å². The lowest BCUT2D eigenvalue weighted by Crippen LogP contribution is -2.52. The van der Waals surface area contributed by atoms with Crippen molar-refractivity contribution in [2.45, 2.75) is 38.6 Å². The Morgan fingerprint density at radius 3 is 2.55 bits per heavy atom. The van der Waals surface area contributed by atoms with E-state index in [0.717, 1.165) is 13.1 Å². The highest BCUT2D eigenvalue weighted by Crippen LogP contribution is 2.47. The van der Waals surface area contributed by atoms with E-state index in [9.17, 15) is 0 Å². The number of aryl methyl sites for hydroxylation is 2. The molecule has 2 aliphatic rings. The molecule has 0 saturated carbocycles. The van der Waals surface area contributed by atoms with E-state index in [1.165, 1.54) is 34.5 Å². The zero-order valence-corrected chi connectivity index (χ0v) is 13.7. The van der Waals surface area contributed by atoms with Crippen molar-refractivity contribution in [2.75, 3.05) is 18.0 Å². The molecule has 0 aliphatic carbocycles. The minimum absolute atomic E-state index is 0.172. The first-order valence-corrected chi connectivity index (χ1v) is 8.27. The van der Waals surface area contributed by atoms with Gasteiger partial charge in [0.1, 0.15) is 0 Å². The quantitative estimate of drug-likeness (QED) is 0.843. The molecule has 2 nitrogen and oxygen atoms in total. The lowest BCUT2D eigenvalue weighted by Gasteiger charge is -2.45. The van der Waals surface area contributed by atoms with Gasteiger partial charge in [-0.25, -0.2) is 0 Å². The number of anilines is 2. The third kappa shape index (κ3) is 2.05. The fourth-order valence-electron chi connectivity index (χ4n) is 4.18. The van der Waals surface area contributed by atoms with Gasteiger partial charge in [-0.2, -0.15) is 0 Å². The Kier molecular flexibility index (Phi) is 3.05. The van der Waals surface area contributed by atoms with Crippen LogP contribution in [0.5, 0.6) is 0 Å². The number of benzene rings is 2. The van der Waals surface area contributed by atoms with Crippen LogP contribution in [0.15, 0.2) is 42.5 Å². The third-order valence-electron chi connectivity index (χ3n) is 5.41. The molecule has 2 heteroatoms. The van der Waals surface area contributed by atoms with Crippen LogP contribution in [0, 0.1) is 13.8 Å². The molecule has 22 heavy (non-hydrogen) atoms. The van der Waals surface area contributed by atoms with Gasteiger partial charge in [-0.15, -0.1) is 0 Å². The first-order chi connectivity index (χ1) is 10.6. The zero-order chi connectivity index (χ0) is 15.3. The first-order valence-electron chi connectivity index (χ1n) is 8.27. The summed E-state index contributed by atoms with van der Waals surface area (Å²) in [6, 6.07) is 15.9. The number of nitrogens with zero attached hydrogens (tertiary/aromatic N) is 1. The molecule has 2 aliphatic heterocycles. The number of rotatable bonds is 1. The average Bonchev–Trinajstić information content (AvgIpc) is 2.89. The van der Waals surface area contributed by atoms with Gasteiger partial charge in [0.25, 0.3) is 0 Å². The molecule has 0 spiro atoms. The lowest BCUT2D eigenvalue weighted by molar-refractivity contribution is 0.367. The monoisotopic (exact) mass is 292 g/mol. The number of hydrogen-bond acceptors (Lipinski definition) is 2.